The van der Waals surface area contributed by atoms with E-state index in [1.54, 1.807) is 4.52 Å². The Kier molecular flexibility index (Phi) is 3.38. The molecule has 0 amide bonds. The van der Waals surface area contributed by atoms with Gasteiger partial charge in [-0.2, -0.15) is 5.10 Å². The normalized spacial score (nSPS) is 21.0. The SMILES string of the molecule is CCN1CCCCC1Cc1nc2c(N)cccn2n1. The van der Waals surface area contributed by atoms with Gasteiger partial charge in [0.15, 0.2) is 11.5 Å². The zero-order valence-electron chi connectivity index (χ0n) is 11.4. The van der Waals surface area contributed by atoms with Gasteiger partial charge in [-0.3, -0.25) is 0 Å². The lowest BCUT2D eigenvalue weighted by molar-refractivity contribution is 0.154. The van der Waals surface area contributed by atoms with Gasteiger partial charge in [-0.1, -0.05) is 13.3 Å². The summed E-state index contributed by atoms with van der Waals surface area (Å²) < 4.78 is 1.78. The molecule has 1 atom stereocenters. The van der Waals surface area contributed by atoms with Gasteiger partial charge in [0.2, 0.25) is 0 Å². The molecular weight excluding hydrogens is 238 g/mol. The number of anilines is 1. The standard InChI is InChI=1S/C14H21N5/c1-2-18-8-4-3-6-11(18)10-13-16-14-12(15)7-5-9-19(14)17-13/h5,7,9,11H,2-4,6,8,10,15H2,1H3. The van der Waals surface area contributed by atoms with Crippen LogP contribution in [0.5, 0.6) is 0 Å². The van der Waals surface area contributed by atoms with Crippen LogP contribution in [0.2, 0.25) is 0 Å². The molecule has 0 aromatic carbocycles. The maximum Gasteiger partial charge on any atom is 0.178 e. The lowest BCUT2D eigenvalue weighted by Gasteiger charge is -2.34. The molecule has 1 unspecified atom stereocenters. The first-order valence-electron chi connectivity index (χ1n) is 7.11. The Bertz CT molecular complexity index is 562. The largest absolute Gasteiger partial charge is 0.396 e. The van der Waals surface area contributed by atoms with Gasteiger partial charge in [-0.05, 0) is 38.1 Å². The molecule has 0 aliphatic carbocycles. The first-order chi connectivity index (χ1) is 9.28. The maximum absolute atomic E-state index is 5.92. The zero-order chi connectivity index (χ0) is 13.2. The van der Waals surface area contributed by atoms with Gasteiger partial charge in [0.05, 0.1) is 5.69 Å². The molecule has 0 bridgehead atoms. The molecule has 0 spiro atoms. The Morgan fingerprint density at radius 3 is 3.11 bits per heavy atom. The first kappa shape index (κ1) is 12.4. The predicted molar refractivity (Wildman–Crippen MR) is 76.0 cm³/mol. The van der Waals surface area contributed by atoms with E-state index in [9.17, 15) is 0 Å². The van der Waals surface area contributed by atoms with Crippen LogP contribution in [0.15, 0.2) is 18.3 Å². The van der Waals surface area contributed by atoms with Gasteiger partial charge < -0.3 is 10.6 Å². The third kappa shape index (κ3) is 2.42. The fraction of sp³-hybridized carbons (Fsp3) is 0.571. The Hall–Kier alpha value is -1.62. The van der Waals surface area contributed by atoms with Crippen LogP contribution < -0.4 is 5.73 Å². The summed E-state index contributed by atoms with van der Waals surface area (Å²) in [4.78, 5) is 7.12. The van der Waals surface area contributed by atoms with Crippen LogP contribution >= 0.6 is 0 Å². The van der Waals surface area contributed by atoms with Crippen LogP contribution in [0.1, 0.15) is 32.0 Å². The van der Waals surface area contributed by atoms with Crippen molar-refractivity contribution in [3.8, 4) is 0 Å². The van der Waals surface area contributed by atoms with Crippen molar-refractivity contribution >= 4 is 11.3 Å². The summed E-state index contributed by atoms with van der Waals surface area (Å²) in [6.45, 7) is 4.55. The number of likely N-dealkylation sites (N-methyl/N-ethyl adjacent to an activating group) is 1. The summed E-state index contributed by atoms with van der Waals surface area (Å²) in [6.07, 6.45) is 6.71. The molecule has 5 heteroatoms. The number of hydrogen-bond acceptors (Lipinski definition) is 4. The number of likely N-dealkylation sites (tertiary alicyclic amines) is 1. The van der Waals surface area contributed by atoms with E-state index < -0.39 is 0 Å². The van der Waals surface area contributed by atoms with Crippen LogP contribution in [0.3, 0.4) is 0 Å². The molecule has 1 fully saturated rings. The number of pyridine rings is 1. The second kappa shape index (κ2) is 5.17. The maximum atomic E-state index is 5.92. The Labute approximate surface area is 113 Å². The molecule has 3 rings (SSSR count). The number of piperidine rings is 1. The molecule has 102 valence electrons. The van der Waals surface area contributed by atoms with Crippen LogP contribution in [-0.2, 0) is 6.42 Å². The average molecular weight is 259 g/mol. The Balaban J connectivity index is 1.82. The van der Waals surface area contributed by atoms with Gasteiger partial charge in [0, 0.05) is 18.7 Å². The number of aromatic nitrogens is 3. The van der Waals surface area contributed by atoms with Gasteiger partial charge in [-0.25, -0.2) is 9.50 Å². The summed E-state index contributed by atoms with van der Waals surface area (Å²) in [7, 11) is 0. The van der Waals surface area contributed by atoms with Crippen molar-refractivity contribution in [3.63, 3.8) is 0 Å². The van der Waals surface area contributed by atoms with Crippen molar-refractivity contribution in [1.82, 2.24) is 19.5 Å². The smallest absolute Gasteiger partial charge is 0.178 e. The summed E-state index contributed by atoms with van der Waals surface area (Å²) in [5.41, 5.74) is 7.39. The Morgan fingerprint density at radius 2 is 2.32 bits per heavy atom. The number of rotatable bonds is 3. The molecule has 0 radical (unpaired) electrons. The van der Waals surface area contributed by atoms with Crippen molar-refractivity contribution in [2.24, 2.45) is 0 Å². The molecule has 1 aliphatic heterocycles. The van der Waals surface area contributed by atoms with Crippen LogP contribution in [0, 0.1) is 0 Å². The van der Waals surface area contributed by atoms with Crippen molar-refractivity contribution in [1.29, 1.82) is 0 Å². The minimum absolute atomic E-state index is 0.581. The number of nitrogens with zero attached hydrogens (tertiary/aromatic N) is 4. The molecule has 1 saturated heterocycles. The average Bonchev–Trinajstić information content (AvgIpc) is 2.83. The summed E-state index contributed by atoms with van der Waals surface area (Å²) in [5, 5.41) is 4.54. The molecule has 3 heterocycles. The van der Waals surface area contributed by atoms with Crippen LogP contribution in [0.4, 0.5) is 5.69 Å². The highest BCUT2D eigenvalue weighted by Gasteiger charge is 2.22. The van der Waals surface area contributed by atoms with E-state index in [1.165, 1.54) is 25.8 Å². The lowest BCUT2D eigenvalue weighted by atomic mass is 9.99. The molecular formula is C14H21N5. The number of nitrogens with two attached hydrogens (primary N) is 1. The van der Waals surface area contributed by atoms with Crippen LogP contribution in [-0.4, -0.2) is 38.6 Å². The third-order valence-corrected chi connectivity index (χ3v) is 4.01. The predicted octanol–water partition coefficient (Wildman–Crippen LogP) is 1.73. The molecule has 1 aliphatic rings. The second-order valence-electron chi connectivity index (χ2n) is 5.24. The molecule has 0 saturated carbocycles. The van der Waals surface area contributed by atoms with E-state index in [-0.39, 0.29) is 0 Å². The quantitative estimate of drug-likeness (QED) is 0.912. The van der Waals surface area contributed by atoms with Crippen molar-refractivity contribution < 1.29 is 0 Å². The first-order valence-corrected chi connectivity index (χ1v) is 7.11. The highest BCUT2D eigenvalue weighted by Crippen LogP contribution is 2.20. The van der Waals surface area contributed by atoms with Gasteiger partial charge in [-0.15, -0.1) is 0 Å². The fourth-order valence-electron chi connectivity index (χ4n) is 2.98. The van der Waals surface area contributed by atoms with E-state index in [0.717, 1.165) is 24.4 Å². The molecule has 19 heavy (non-hydrogen) atoms. The van der Waals surface area contributed by atoms with Gasteiger partial charge >= 0.3 is 0 Å². The van der Waals surface area contributed by atoms with Crippen molar-refractivity contribution in [2.45, 2.75) is 38.6 Å². The molecule has 2 N–H and O–H groups in total. The molecule has 5 nitrogen and oxygen atoms in total. The van der Waals surface area contributed by atoms with Gasteiger partial charge in [0.25, 0.3) is 0 Å². The van der Waals surface area contributed by atoms with Crippen LogP contribution in [0.25, 0.3) is 5.65 Å². The van der Waals surface area contributed by atoms with E-state index in [0.29, 0.717) is 11.7 Å². The number of hydrogen-bond donors (Lipinski definition) is 1. The molecule has 2 aromatic heterocycles. The topological polar surface area (TPSA) is 59.5 Å². The van der Waals surface area contributed by atoms with Crippen molar-refractivity contribution in [3.05, 3.63) is 24.2 Å². The highest BCUT2D eigenvalue weighted by atomic mass is 15.3. The number of fused-ring (bicyclic) bond motifs is 1. The van der Waals surface area contributed by atoms with E-state index >= 15 is 0 Å². The Morgan fingerprint density at radius 1 is 1.42 bits per heavy atom. The third-order valence-electron chi connectivity index (χ3n) is 4.01. The van der Waals surface area contributed by atoms with E-state index in [4.69, 9.17) is 5.73 Å². The van der Waals surface area contributed by atoms with E-state index in [2.05, 4.69) is 21.9 Å². The highest BCUT2D eigenvalue weighted by molar-refractivity contribution is 5.63. The monoisotopic (exact) mass is 259 g/mol. The summed E-state index contributed by atoms with van der Waals surface area (Å²) >= 11 is 0. The van der Waals surface area contributed by atoms with E-state index in [1.807, 2.05) is 18.3 Å². The van der Waals surface area contributed by atoms with Crippen molar-refractivity contribution in [2.75, 3.05) is 18.8 Å². The molecule has 2 aromatic rings. The second-order valence-corrected chi connectivity index (χ2v) is 5.24. The van der Waals surface area contributed by atoms with Gasteiger partial charge in [0.1, 0.15) is 0 Å². The fourth-order valence-corrected chi connectivity index (χ4v) is 2.98. The minimum Gasteiger partial charge on any atom is -0.396 e. The minimum atomic E-state index is 0.581. The number of nitrogen functional groups attached to an aromatic ring is 1. The summed E-state index contributed by atoms with van der Waals surface area (Å²) in [5.74, 6) is 0.906. The zero-order valence-corrected chi connectivity index (χ0v) is 11.4. The lowest BCUT2D eigenvalue weighted by Crippen LogP contribution is -2.40. The summed E-state index contributed by atoms with van der Waals surface area (Å²) in [6, 6.07) is 4.35.